The van der Waals surface area contributed by atoms with E-state index in [0.717, 1.165) is 29.5 Å². The quantitative estimate of drug-likeness (QED) is 0.197. The van der Waals surface area contributed by atoms with Gasteiger partial charge in [0.25, 0.3) is 0 Å². The molecular formula is C26H22F6O. The molecule has 0 heterocycles. The zero-order valence-corrected chi connectivity index (χ0v) is 18.0. The highest BCUT2D eigenvalue weighted by atomic mass is 19.4. The van der Waals surface area contributed by atoms with Gasteiger partial charge in [0.05, 0.1) is 0 Å². The molecule has 0 saturated heterocycles. The Morgan fingerprint density at radius 1 is 0.758 bits per heavy atom. The Kier molecular flexibility index (Phi) is 6.41. The first-order valence-corrected chi connectivity index (χ1v) is 10.9. The molecule has 1 aliphatic rings. The van der Waals surface area contributed by atoms with Crippen molar-refractivity contribution in [2.24, 2.45) is 0 Å². The van der Waals surface area contributed by atoms with Gasteiger partial charge in [0, 0.05) is 5.56 Å². The smallest absolute Gasteiger partial charge is 0.399 e. The number of aryl methyl sites for hydroxylation is 1. The van der Waals surface area contributed by atoms with E-state index in [4.69, 9.17) is 0 Å². The maximum Gasteiger partial charge on any atom is 0.573 e. The Bertz CT molecular complexity index is 1160. The predicted molar refractivity (Wildman–Crippen MR) is 115 cm³/mol. The van der Waals surface area contributed by atoms with Gasteiger partial charge in [0.1, 0.15) is 5.82 Å². The second-order valence-corrected chi connectivity index (χ2v) is 8.28. The van der Waals surface area contributed by atoms with Gasteiger partial charge in [-0.05, 0) is 76.9 Å². The summed E-state index contributed by atoms with van der Waals surface area (Å²) < 4.78 is 83.8. The molecule has 1 aliphatic carbocycles. The van der Waals surface area contributed by atoms with Crippen LogP contribution in [-0.4, -0.2) is 6.36 Å². The van der Waals surface area contributed by atoms with Gasteiger partial charge in [0.15, 0.2) is 11.6 Å². The minimum atomic E-state index is -5.25. The molecular weight excluding hydrogens is 442 g/mol. The van der Waals surface area contributed by atoms with E-state index in [1.54, 1.807) is 0 Å². The highest BCUT2D eigenvalue weighted by molar-refractivity contribution is 5.81. The minimum Gasteiger partial charge on any atom is -0.399 e. The van der Waals surface area contributed by atoms with E-state index in [1.807, 2.05) is 12.1 Å². The van der Waals surface area contributed by atoms with E-state index in [0.29, 0.717) is 24.1 Å². The normalized spacial score (nSPS) is 12.6. The topological polar surface area (TPSA) is 9.23 Å². The van der Waals surface area contributed by atoms with Crippen molar-refractivity contribution in [1.29, 1.82) is 0 Å². The third-order valence-electron chi connectivity index (χ3n) is 5.88. The summed E-state index contributed by atoms with van der Waals surface area (Å²) in [7, 11) is 0. The first-order chi connectivity index (χ1) is 15.7. The van der Waals surface area contributed by atoms with Crippen LogP contribution in [0.5, 0.6) is 5.75 Å². The number of benzene rings is 3. The summed E-state index contributed by atoms with van der Waals surface area (Å²) in [5.41, 5.74) is 4.40. The van der Waals surface area contributed by atoms with Gasteiger partial charge < -0.3 is 4.74 Å². The van der Waals surface area contributed by atoms with Crippen molar-refractivity contribution < 1.29 is 31.1 Å². The van der Waals surface area contributed by atoms with Crippen molar-refractivity contribution >= 4 is 0 Å². The fraction of sp³-hybridized carbons (Fsp3) is 0.308. The third-order valence-corrected chi connectivity index (χ3v) is 5.88. The van der Waals surface area contributed by atoms with Crippen LogP contribution >= 0.6 is 0 Å². The van der Waals surface area contributed by atoms with E-state index in [2.05, 4.69) is 17.7 Å². The molecule has 3 aromatic carbocycles. The summed E-state index contributed by atoms with van der Waals surface area (Å²) in [4.78, 5) is 0. The molecule has 0 bridgehead atoms. The van der Waals surface area contributed by atoms with Crippen molar-refractivity contribution in [2.45, 2.75) is 51.8 Å². The second-order valence-electron chi connectivity index (χ2n) is 8.28. The molecule has 1 nitrogen and oxygen atoms in total. The lowest BCUT2D eigenvalue weighted by Gasteiger charge is -2.13. The van der Waals surface area contributed by atoms with Gasteiger partial charge in [-0.3, -0.25) is 0 Å². The average molecular weight is 464 g/mol. The number of unbranched alkanes of at least 4 members (excludes halogenated alkanes) is 3. The Hall–Kier alpha value is -2.96. The Morgan fingerprint density at radius 2 is 1.45 bits per heavy atom. The number of alkyl halides is 3. The predicted octanol–water partition coefficient (Wildman–Crippen LogP) is 8.36. The van der Waals surface area contributed by atoms with Crippen LogP contribution in [0.15, 0.2) is 42.5 Å². The van der Waals surface area contributed by atoms with Crippen molar-refractivity contribution in [1.82, 2.24) is 0 Å². The molecule has 0 unspecified atom stereocenters. The molecule has 0 spiro atoms. The summed E-state index contributed by atoms with van der Waals surface area (Å²) in [6.07, 6.45) is 0.895. The minimum absolute atomic E-state index is 0.0855. The van der Waals surface area contributed by atoms with Gasteiger partial charge >= 0.3 is 6.36 Å². The largest absolute Gasteiger partial charge is 0.573 e. The molecule has 4 rings (SSSR count). The molecule has 0 N–H and O–H groups in total. The molecule has 0 aliphatic heterocycles. The second kappa shape index (κ2) is 9.12. The molecule has 0 fully saturated rings. The zero-order valence-electron chi connectivity index (χ0n) is 18.0. The summed E-state index contributed by atoms with van der Waals surface area (Å²) in [5, 5.41) is 0. The average Bonchev–Trinajstić information content (AvgIpc) is 3.09. The summed E-state index contributed by atoms with van der Waals surface area (Å²) >= 11 is 0. The van der Waals surface area contributed by atoms with Crippen molar-refractivity contribution in [3.05, 3.63) is 76.6 Å². The van der Waals surface area contributed by atoms with E-state index in [-0.39, 0.29) is 11.1 Å². The molecule has 0 aromatic heterocycles. The van der Waals surface area contributed by atoms with Crippen LogP contribution in [-0.2, 0) is 12.8 Å². The maximum atomic E-state index is 14.9. The standard InChI is InChI=1S/C26H22F6O/c1-2-3-4-5-6-15-7-8-19-16(9-15)10-17-11-21(22(27)14-20(17)19)18-12-23(28)25(24(29)13-18)33-26(30,31)32/h7-9,11-14H,2-6,10H2,1H3. The molecule has 0 amide bonds. The van der Waals surface area contributed by atoms with Crippen molar-refractivity contribution in [2.75, 3.05) is 0 Å². The lowest BCUT2D eigenvalue weighted by Crippen LogP contribution is -2.19. The highest BCUT2D eigenvalue weighted by Gasteiger charge is 2.34. The molecule has 3 aromatic rings. The SMILES string of the molecule is CCCCCCc1ccc2c(c1)Cc1cc(-c3cc(F)c(OC(F)(F)F)c(F)c3)c(F)cc1-2. The van der Waals surface area contributed by atoms with Crippen LogP contribution in [0.4, 0.5) is 26.3 Å². The molecule has 174 valence electrons. The van der Waals surface area contributed by atoms with E-state index in [9.17, 15) is 26.3 Å². The van der Waals surface area contributed by atoms with Gasteiger partial charge in [-0.2, -0.15) is 0 Å². The van der Waals surface area contributed by atoms with Crippen LogP contribution in [0.2, 0.25) is 0 Å². The van der Waals surface area contributed by atoms with Crippen LogP contribution in [0.1, 0.15) is 49.3 Å². The molecule has 0 radical (unpaired) electrons. The molecule has 0 saturated carbocycles. The van der Waals surface area contributed by atoms with Crippen LogP contribution in [0.25, 0.3) is 22.3 Å². The lowest BCUT2D eigenvalue weighted by atomic mass is 9.97. The number of ether oxygens (including phenoxy) is 1. The fourth-order valence-electron chi connectivity index (χ4n) is 4.34. The number of hydrogen-bond donors (Lipinski definition) is 0. The Labute approximate surface area is 188 Å². The Balaban J connectivity index is 1.62. The van der Waals surface area contributed by atoms with Gasteiger partial charge in [-0.25, -0.2) is 13.2 Å². The first kappa shape index (κ1) is 23.2. The van der Waals surface area contributed by atoms with Crippen molar-refractivity contribution in [3.8, 4) is 28.0 Å². The maximum absolute atomic E-state index is 14.9. The molecule has 0 atom stereocenters. The summed E-state index contributed by atoms with van der Waals surface area (Å²) in [6, 6.07) is 10.2. The highest BCUT2D eigenvalue weighted by Crippen LogP contribution is 2.41. The number of rotatable bonds is 7. The monoisotopic (exact) mass is 464 g/mol. The van der Waals surface area contributed by atoms with Gasteiger partial charge in [0.2, 0.25) is 5.75 Å². The van der Waals surface area contributed by atoms with Crippen LogP contribution < -0.4 is 4.74 Å². The third kappa shape index (κ3) is 5.02. The summed E-state index contributed by atoms with van der Waals surface area (Å²) in [6.45, 7) is 2.16. The van der Waals surface area contributed by atoms with Crippen LogP contribution in [0, 0.1) is 17.5 Å². The number of hydrogen-bond acceptors (Lipinski definition) is 1. The van der Waals surface area contributed by atoms with Gasteiger partial charge in [-0.1, -0.05) is 44.4 Å². The fourth-order valence-corrected chi connectivity index (χ4v) is 4.34. The number of fused-ring (bicyclic) bond motifs is 3. The van der Waals surface area contributed by atoms with Crippen LogP contribution in [0.3, 0.4) is 0 Å². The zero-order chi connectivity index (χ0) is 23.8. The summed E-state index contributed by atoms with van der Waals surface area (Å²) in [5.74, 6) is -5.39. The van der Waals surface area contributed by atoms with Gasteiger partial charge in [-0.15, -0.1) is 13.2 Å². The molecule has 7 heteroatoms. The van der Waals surface area contributed by atoms with E-state index < -0.39 is 29.6 Å². The van der Waals surface area contributed by atoms with E-state index in [1.165, 1.54) is 37.0 Å². The number of halogens is 6. The molecule has 33 heavy (non-hydrogen) atoms. The van der Waals surface area contributed by atoms with E-state index >= 15 is 0 Å². The first-order valence-electron chi connectivity index (χ1n) is 10.9. The van der Waals surface area contributed by atoms with Crippen molar-refractivity contribution in [3.63, 3.8) is 0 Å². The lowest BCUT2D eigenvalue weighted by molar-refractivity contribution is -0.276. The Morgan fingerprint density at radius 3 is 2.12 bits per heavy atom.